The molecule has 0 aliphatic heterocycles. The molecule has 0 heteroatoms. The molecule has 0 radical (unpaired) electrons. The van der Waals surface area contributed by atoms with E-state index in [-0.39, 0.29) is 0 Å². The molecule has 0 fully saturated rings. The van der Waals surface area contributed by atoms with E-state index >= 15 is 0 Å². The number of fused-ring (bicyclic) bond motifs is 3. The van der Waals surface area contributed by atoms with Crippen LogP contribution in [0.1, 0.15) is 11.1 Å². The predicted molar refractivity (Wildman–Crippen MR) is 165 cm³/mol. The lowest BCUT2D eigenvalue weighted by atomic mass is 9.84. The van der Waals surface area contributed by atoms with Crippen molar-refractivity contribution in [3.05, 3.63) is 145 Å². The number of rotatable bonds is 3. The van der Waals surface area contributed by atoms with Crippen molar-refractivity contribution in [2.45, 2.75) is 13.8 Å². The smallest absolute Gasteiger partial charge is 0.00263 e. The van der Waals surface area contributed by atoms with Gasteiger partial charge in [0, 0.05) is 0 Å². The third-order valence-corrected chi connectivity index (χ3v) is 7.76. The molecule has 7 rings (SSSR count). The number of aryl methyl sites for hydroxylation is 2. The van der Waals surface area contributed by atoms with E-state index in [1.165, 1.54) is 76.8 Å². The fraction of sp³-hybridized carbons (Fsp3) is 0.0526. The van der Waals surface area contributed by atoms with Crippen LogP contribution < -0.4 is 0 Å². The molecule has 0 N–H and O–H groups in total. The molecule has 0 aliphatic rings. The first-order chi connectivity index (χ1) is 18.7. The minimum atomic E-state index is 1.24. The van der Waals surface area contributed by atoms with Crippen LogP contribution in [0.3, 0.4) is 0 Å². The molecule has 38 heavy (non-hydrogen) atoms. The van der Waals surface area contributed by atoms with Crippen molar-refractivity contribution in [2.24, 2.45) is 0 Å². The van der Waals surface area contributed by atoms with E-state index in [1.807, 2.05) is 0 Å². The van der Waals surface area contributed by atoms with Crippen molar-refractivity contribution in [1.82, 2.24) is 0 Å². The van der Waals surface area contributed by atoms with Gasteiger partial charge in [0.15, 0.2) is 0 Å². The molecule has 180 valence electrons. The Morgan fingerprint density at radius 1 is 0.342 bits per heavy atom. The Morgan fingerprint density at radius 3 is 1.53 bits per heavy atom. The molecule has 0 aliphatic carbocycles. The van der Waals surface area contributed by atoms with Gasteiger partial charge < -0.3 is 0 Å². The average Bonchev–Trinajstić information content (AvgIpc) is 2.96. The van der Waals surface area contributed by atoms with Crippen LogP contribution >= 0.6 is 0 Å². The fourth-order valence-corrected chi connectivity index (χ4v) is 5.98. The van der Waals surface area contributed by atoms with Crippen LogP contribution in [0.15, 0.2) is 133 Å². The lowest BCUT2D eigenvalue weighted by molar-refractivity contribution is 1.49. The molecule has 0 saturated carbocycles. The van der Waals surface area contributed by atoms with Gasteiger partial charge in [-0.15, -0.1) is 0 Å². The van der Waals surface area contributed by atoms with Crippen molar-refractivity contribution >= 4 is 32.3 Å². The Balaban J connectivity index is 1.51. The number of hydrogen-bond donors (Lipinski definition) is 0. The third-order valence-electron chi connectivity index (χ3n) is 7.76. The maximum Gasteiger partial charge on any atom is -0.00263 e. The zero-order valence-corrected chi connectivity index (χ0v) is 21.7. The van der Waals surface area contributed by atoms with Crippen LogP contribution in [0.25, 0.3) is 65.7 Å². The number of hydrogen-bond acceptors (Lipinski definition) is 0. The van der Waals surface area contributed by atoms with E-state index in [0.717, 1.165) is 0 Å². The monoisotopic (exact) mass is 484 g/mol. The molecule has 0 nitrogen and oxygen atoms in total. The second-order valence-corrected chi connectivity index (χ2v) is 10.3. The van der Waals surface area contributed by atoms with Crippen LogP contribution in [-0.4, -0.2) is 0 Å². The third kappa shape index (κ3) is 3.69. The van der Waals surface area contributed by atoms with E-state index < -0.39 is 0 Å². The van der Waals surface area contributed by atoms with Crippen LogP contribution in [0.4, 0.5) is 0 Å². The lowest BCUT2D eigenvalue weighted by Crippen LogP contribution is -1.92. The summed E-state index contributed by atoms with van der Waals surface area (Å²) in [5.74, 6) is 0. The minimum Gasteiger partial charge on any atom is -0.0622 e. The van der Waals surface area contributed by atoms with Gasteiger partial charge in [-0.05, 0) is 79.5 Å². The standard InChI is InChI=1S/C38H28/c1-25-16-22-34-35(23-25)37(29-10-4-3-5-11-29)33-21-15-26(2)24-36(33)38(34)30-19-17-28(18-20-30)32-14-8-12-27-9-6-7-13-31(27)32/h3-24H,1-2H3. The maximum absolute atomic E-state index is 2.36. The highest BCUT2D eigenvalue weighted by molar-refractivity contribution is 6.21. The van der Waals surface area contributed by atoms with E-state index in [2.05, 4.69) is 147 Å². The first kappa shape index (κ1) is 22.5. The number of benzene rings is 7. The molecule has 7 aromatic carbocycles. The van der Waals surface area contributed by atoms with Crippen molar-refractivity contribution in [1.29, 1.82) is 0 Å². The Labute approximate surface area is 223 Å². The zero-order chi connectivity index (χ0) is 25.6. The summed E-state index contributed by atoms with van der Waals surface area (Å²) in [6.45, 7) is 4.38. The van der Waals surface area contributed by atoms with E-state index in [9.17, 15) is 0 Å². The normalized spacial score (nSPS) is 11.4. The molecule has 0 aromatic heterocycles. The van der Waals surface area contributed by atoms with Crippen LogP contribution in [0.2, 0.25) is 0 Å². The predicted octanol–water partition coefficient (Wildman–Crippen LogP) is 10.8. The maximum atomic E-state index is 2.36. The van der Waals surface area contributed by atoms with Crippen molar-refractivity contribution in [3.63, 3.8) is 0 Å². The van der Waals surface area contributed by atoms with Crippen molar-refractivity contribution in [2.75, 3.05) is 0 Å². The van der Waals surface area contributed by atoms with E-state index in [4.69, 9.17) is 0 Å². The van der Waals surface area contributed by atoms with Gasteiger partial charge in [-0.3, -0.25) is 0 Å². The quantitative estimate of drug-likeness (QED) is 0.219. The molecular weight excluding hydrogens is 456 g/mol. The molecule has 7 aromatic rings. The summed E-state index contributed by atoms with van der Waals surface area (Å²) in [7, 11) is 0. The summed E-state index contributed by atoms with van der Waals surface area (Å²) in [6.07, 6.45) is 0. The second-order valence-electron chi connectivity index (χ2n) is 10.3. The average molecular weight is 485 g/mol. The van der Waals surface area contributed by atoms with Crippen LogP contribution in [0.5, 0.6) is 0 Å². The highest BCUT2D eigenvalue weighted by Crippen LogP contribution is 2.44. The van der Waals surface area contributed by atoms with Gasteiger partial charge >= 0.3 is 0 Å². The Hall–Kier alpha value is -4.68. The van der Waals surface area contributed by atoms with Crippen molar-refractivity contribution in [3.8, 4) is 33.4 Å². The Bertz CT molecular complexity index is 1950. The molecule has 0 saturated heterocycles. The summed E-state index contributed by atoms with van der Waals surface area (Å²) in [5.41, 5.74) is 10.2. The molecule has 0 atom stereocenters. The molecular formula is C38H28. The van der Waals surface area contributed by atoms with Gasteiger partial charge in [-0.2, -0.15) is 0 Å². The van der Waals surface area contributed by atoms with Gasteiger partial charge in [0.05, 0.1) is 0 Å². The highest BCUT2D eigenvalue weighted by atomic mass is 14.2. The topological polar surface area (TPSA) is 0 Å². The summed E-state index contributed by atoms with van der Waals surface area (Å²) >= 11 is 0. The van der Waals surface area contributed by atoms with Crippen molar-refractivity contribution < 1.29 is 0 Å². The lowest BCUT2D eigenvalue weighted by Gasteiger charge is -2.19. The summed E-state index contributed by atoms with van der Waals surface area (Å²) in [4.78, 5) is 0. The molecule has 0 heterocycles. The minimum absolute atomic E-state index is 1.24. The van der Waals surface area contributed by atoms with Crippen LogP contribution in [-0.2, 0) is 0 Å². The van der Waals surface area contributed by atoms with Gasteiger partial charge in [-0.1, -0.05) is 145 Å². The fourth-order valence-electron chi connectivity index (χ4n) is 5.98. The van der Waals surface area contributed by atoms with E-state index in [0.29, 0.717) is 0 Å². The van der Waals surface area contributed by atoms with Gasteiger partial charge in [-0.25, -0.2) is 0 Å². The van der Waals surface area contributed by atoms with Gasteiger partial charge in [0.25, 0.3) is 0 Å². The molecule has 0 unspecified atom stereocenters. The van der Waals surface area contributed by atoms with Gasteiger partial charge in [0.2, 0.25) is 0 Å². The summed E-state index contributed by atoms with van der Waals surface area (Å²) < 4.78 is 0. The first-order valence-electron chi connectivity index (χ1n) is 13.3. The summed E-state index contributed by atoms with van der Waals surface area (Å²) in [6, 6.07) is 49.0. The first-order valence-corrected chi connectivity index (χ1v) is 13.3. The van der Waals surface area contributed by atoms with E-state index in [1.54, 1.807) is 0 Å². The Morgan fingerprint density at radius 2 is 0.868 bits per heavy atom. The van der Waals surface area contributed by atoms with Crippen LogP contribution in [0, 0.1) is 13.8 Å². The second kappa shape index (κ2) is 9.01. The highest BCUT2D eigenvalue weighted by Gasteiger charge is 2.17. The zero-order valence-electron chi connectivity index (χ0n) is 21.7. The van der Waals surface area contributed by atoms with Gasteiger partial charge in [0.1, 0.15) is 0 Å². The Kier molecular flexibility index (Phi) is 5.34. The molecule has 0 spiro atoms. The molecule has 0 amide bonds. The SMILES string of the molecule is Cc1ccc2c(-c3ccc(-c4cccc5ccccc45)cc3)c3cc(C)ccc3c(-c3ccccc3)c2c1. The largest absolute Gasteiger partial charge is 0.0622 e. The molecule has 0 bridgehead atoms. The summed E-state index contributed by atoms with van der Waals surface area (Å²) in [5, 5.41) is 7.77.